The monoisotopic (exact) mass is 369 g/mol. The van der Waals surface area contributed by atoms with Crippen molar-refractivity contribution in [2.75, 3.05) is 0 Å². The summed E-state index contributed by atoms with van der Waals surface area (Å²) in [6.07, 6.45) is 6.46. The lowest BCUT2D eigenvalue weighted by Gasteiger charge is -2.54. The van der Waals surface area contributed by atoms with Crippen LogP contribution in [0.25, 0.3) is 0 Å². The van der Waals surface area contributed by atoms with Crippen LogP contribution in [-0.4, -0.2) is 22.1 Å². The van der Waals surface area contributed by atoms with Crippen LogP contribution in [-0.2, 0) is 6.61 Å². The largest absolute Gasteiger partial charge is 0.484 e. The first kappa shape index (κ1) is 16.8. The Bertz CT molecular complexity index is 821. The molecule has 6 heteroatoms. The lowest BCUT2D eigenvalue weighted by atomic mass is 9.54. The molecule has 1 heterocycles. The van der Waals surface area contributed by atoms with Crippen molar-refractivity contribution in [1.82, 2.24) is 15.5 Å². The number of H-pyrrole nitrogens is 1. The number of para-hydroxylation sites is 1. The van der Waals surface area contributed by atoms with Crippen LogP contribution in [0.3, 0.4) is 0 Å². The van der Waals surface area contributed by atoms with Crippen molar-refractivity contribution in [2.24, 2.45) is 23.7 Å². The molecule has 4 bridgehead atoms. The van der Waals surface area contributed by atoms with Crippen molar-refractivity contribution in [3.8, 4) is 5.75 Å². The summed E-state index contributed by atoms with van der Waals surface area (Å²) in [7, 11) is 0. The van der Waals surface area contributed by atoms with Crippen LogP contribution in [0.4, 0.5) is 4.39 Å². The molecule has 0 radical (unpaired) electrons. The van der Waals surface area contributed by atoms with Gasteiger partial charge in [-0.3, -0.25) is 9.89 Å². The third-order valence-corrected chi connectivity index (χ3v) is 6.61. The van der Waals surface area contributed by atoms with Crippen molar-refractivity contribution < 1.29 is 13.9 Å². The molecule has 0 saturated heterocycles. The molecule has 0 aliphatic heterocycles. The SMILES string of the molecule is O=C(NC1C2CC3CC(C2)CC1C3)c1cc(COc2ccccc2F)[nH]n1. The van der Waals surface area contributed by atoms with Gasteiger partial charge in [0.15, 0.2) is 11.6 Å². The van der Waals surface area contributed by atoms with Gasteiger partial charge in [-0.05, 0) is 74.0 Å². The van der Waals surface area contributed by atoms with E-state index in [4.69, 9.17) is 4.74 Å². The maximum atomic E-state index is 13.6. The molecule has 6 rings (SSSR count). The Morgan fingerprint density at radius 3 is 2.56 bits per heavy atom. The van der Waals surface area contributed by atoms with Gasteiger partial charge in [0.1, 0.15) is 12.3 Å². The molecule has 1 aromatic heterocycles. The summed E-state index contributed by atoms with van der Waals surface area (Å²) in [5.74, 6) is 2.69. The topological polar surface area (TPSA) is 67.0 Å². The number of halogens is 1. The van der Waals surface area contributed by atoms with E-state index in [1.807, 2.05) is 0 Å². The molecular formula is C21H24FN3O2. The molecule has 0 atom stereocenters. The lowest BCUT2D eigenvalue weighted by Crippen LogP contribution is -2.55. The van der Waals surface area contributed by atoms with Gasteiger partial charge >= 0.3 is 0 Å². The molecule has 0 unspecified atom stereocenters. The van der Waals surface area contributed by atoms with E-state index in [0.717, 1.165) is 11.8 Å². The number of amides is 1. The maximum Gasteiger partial charge on any atom is 0.272 e. The van der Waals surface area contributed by atoms with E-state index in [-0.39, 0.29) is 18.3 Å². The molecule has 27 heavy (non-hydrogen) atoms. The second kappa shape index (κ2) is 6.66. The van der Waals surface area contributed by atoms with Crippen molar-refractivity contribution in [2.45, 2.75) is 44.8 Å². The Kier molecular flexibility index (Phi) is 4.14. The van der Waals surface area contributed by atoms with Gasteiger partial charge in [0.05, 0.1) is 5.69 Å². The van der Waals surface area contributed by atoms with E-state index in [0.29, 0.717) is 29.3 Å². The summed E-state index contributed by atoms with van der Waals surface area (Å²) < 4.78 is 19.1. The van der Waals surface area contributed by atoms with Gasteiger partial charge in [-0.25, -0.2) is 4.39 Å². The number of rotatable bonds is 5. The quantitative estimate of drug-likeness (QED) is 0.845. The fraction of sp³-hybridized carbons (Fsp3) is 0.524. The molecule has 2 aromatic rings. The van der Waals surface area contributed by atoms with E-state index < -0.39 is 5.82 Å². The molecule has 5 nitrogen and oxygen atoms in total. The molecule has 4 aliphatic carbocycles. The van der Waals surface area contributed by atoms with Crippen molar-refractivity contribution >= 4 is 5.91 Å². The van der Waals surface area contributed by atoms with E-state index >= 15 is 0 Å². The van der Waals surface area contributed by atoms with Gasteiger partial charge in [0.2, 0.25) is 0 Å². The van der Waals surface area contributed by atoms with Gasteiger partial charge in [0, 0.05) is 6.04 Å². The van der Waals surface area contributed by atoms with Gasteiger partial charge in [0.25, 0.3) is 5.91 Å². The minimum atomic E-state index is -0.406. The first-order valence-electron chi connectivity index (χ1n) is 9.88. The summed E-state index contributed by atoms with van der Waals surface area (Å²) in [5, 5.41) is 10.2. The number of carbonyl (C=O) groups is 1. The molecule has 0 spiro atoms. The number of benzene rings is 1. The Labute approximate surface area is 157 Å². The second-order valence-electron chi connectivity index (χ2n) is 8.43. The molecule has 1 amide bonds. The molecule has 142 valence electrons. The normalized spacial score (nSPS) is 31.1. The maximum absolute atomic E-state index is 13.6. The van der Waals surface area contributed by atoms with Crippen LogP contribution in [0.1, 0.15) is 48.3 Å². The van der Waals surface area contributed by atoms with E-state index in [1.54, 1.807) is 24.3 Å². The predicted molar refractivity (Wildman–Crippen MR) is 97.6 cm³/mol. The van der Waals surface area contributed by atoms with Crippen LogP contribution in [0.2, 0.25) is 0 Å². The zero-order valence-corrected chi connectivity index (χ0v) is 15.2. The van der Waals surface area contributed by atoms with Crippen molar-refractivity contribution in [3.63, 3.8) is 0 Å². The minimum absolute atomic E-state index is 0.124. The zero-order valence-electron chi connectivity index (χ0n) is 15.2. The summed E-state index contributed by atoms with van der Waals surface area (Å²) in [4.78, 5) is 12.7. The smallest absolute Gasteiger partial charge is 0.272 e. The number of hydrogen-bond donors (Lipinski definition) is 2. The standard InChI is InChI=1S/C21H24FN3O2/c22-17-3-1-2-4-19(17)27-11-16-10-18(25-24-16)21(26)23-20-14-6-12-5-13(8-14)9-15(20)7-12/h1-4,10,12-15,20H,5-9,11H2,(H,23,26)(H,24,25). The van der Waals surface area contributed by atoms with Crippen LogP contribution in [0, 0.1) is 29.5 Å². The van der Waals surface area contributed by atoms with Crippen molar-refractivity contribution in [3.05, 3.63) is 47.5 Å². The highest BCUT2D eigenvalue weighted by Crippen LogP contribution is 2.53. The summed E-state index contributed by atoms with van der Waals surface area (Å²) >= 11 is 0. The van der Waals surface area contributed by atoms with E-state index in [9.17, 15) is 9.18 Å². The van der Waals surface area contributed by atoms with Gasteiger partial charge in [-0.1, -0.05) is 12.1 Å². The van der Waals surface area contributed by atoms with Crippen molar-refractivity contribution in [1.29, 1.82) is 0 Å². The fourth-order valence-corrected chi connectivity index (χ4v) is 5.66. The summed E-state index contributed by atoms with van der Waals surface area (Å²) in [6.45, 7) is 0.138. The summed E-state index contributed by atoms with van der Waals surface area (Å²) in [6, 6.07) is 8.24. The van der Waals surface area contributed by atoms with E-state index in [2.05, 4.69) is 15.5 Å². The van der Waals surface area contributed by atoms with Crippen LogP contribution < -0.4 is 10.1 Å². The fourth-order valence-electron chi connectivity index (χ4n) is 5.66. The molecule has 4 fully saturated rings. The van der Waals surface area contributed by atoms with Crippen LogP contribution >= 0.6 is 0 Å². The molecule has 4 saturated carbocycles. The first-order chi connectivity index (χ1) is 13.2. The number of nitrogens with one attached hydrogen (secondary N) is 2. The van der Waals surface area contributed by atoms with E-state index in [1.165, 1.54) is 38.2 Å². The number of aromatic nitrogens is 2. The lowest BCUT2D eigenvalue weighted by molar-refractivity contribution is -0.0120. The number of carbonyl (C=O) groups excluding carboxylic acids is 1. The zero-order chi connectivity index (χ0) is 18.4. The highest BCUT2D eigenvalue weighted by molar-refractivity contribution is 5.92. The summed E-state index contributed by atoms with van der Waals surface area (Å²) in [5.41, 5.74) is 1.02. The highest BCUT2D eigenvalue weighted by atomic mass is 19.1. The predicted octanol–water partition coefficient (Wildman–Crippen LogP) is 3.68. The van der Waals surface area contributed by atoms with Gasteiger partial charge in [-0.2, -0.15) is 5.10 Å². The molecule has 2 N–H and O–H groups in total. The Hall–Kier alpha value is -2.37. The molecular weight excluding hydrogens is 345 g/mol. The number of aromatic amines is 1. The molecule has 4 aliphatic rings. The van der Waals surface area contributed by atoms with Crippen LogP contribution in [0.5, 0.6) is 5.75 Å². The third-order valence-electron chi connectivity index (χ3n) is 6.61. The number of ether oxygens (including phenoxy) is 1. The van der Waals surface area contributed by atoms with Gasteiger partial charge in [-0.15, -0.1) is 0 Å². The number of nitrogens with zero attached hydrogens (tertiary/aromatic N) is 1. The Balaban J connectivity index is 1.21. The van der Waals surface area contributed by atoms with Gasteiger partial charge < -0.3 is 10.1 Å². The average molecular weight is 369 g/mol. The highest BCUT2D eigenvalue weighted by Gasteiger charge is 2.48. The number of hydrogen-bond acceptors (Lipinski definition) is 3. The average Bonchev–Trinajstić information content (AvgIpc) is 3.12. The third kappa shape index (κ3) is 3.22. The van der Waals surface area contributed by atoms with Crippen LogP contribution in [0.15, 0.2) is 30.3 Å². The first-order valence-corrected chi connectivity index (χ1v) is 9.88. The molecule has 1 aromatic carbocycles. The second-order valence-corrected chi connectivity index (χ2v) is 8.43. The Morgan fingerprint density at radius 1 is 1.15 bits per heavy atom. The Morgan fingerprint density at radius 2 is 1.85 bits per heavy atom. The minimum Gasteiger partial charge on any atom is -0.484 e.